The number of hydrogen-bond donors (Lipinski definition) is 1. The molecule has 0 saturated heterocycles. The van der Waals surface area contributed by atoms with Gasteiger partial charge in [0.1, 0.15) is 0 Å². The first-order valence-corrected chi connectivity index (χ1v) is 7.18. The minimum absolute atomic E-state index is 0.107. The van der Waals surface area contributed by atoms with Gasteiger partial charge in [0.05, 0.1) is 0 Å². The fourth-order valence-corrected chi connectivity index (χ4v) is 3.56. The van der Waals surface area contributed by atoms with Crippen molar-refractivity contribution in [3.8, 4) is 0 Å². The van der Waals surface area contributed by atoms with Crippen LogP contribution in [0.15, 0.2) is 0 Å². The fraction of sp³-hybridized carbons (Fsp3) is 1.00. The summed E-state index contributed by atoms with van der Waals surface area (Å²) in [4.78, 5) is 0. The van der Waals surface area contributed by atoms with Crippen LogP contribution in [-0.4, -0.2) is 19.0 Å². The molecule has 3 fully saturated rings. The molecule has 0 spiro atoms. The third kappa shape index (κ3) is 2.81. The zero-order chi connectivity index (χ0) is 11.9. The predicted octanol–water partition coefficient (Wildman–Crippen LogP) is 3.59. The molecule has 0 aromatic carbocycles. The van der Waals surface area contributed by atoms with E-state index in [1.54, 1.807) is 0 Å². The highest BCUT2D eigenvalue weighted by Crippen LogP contribution is 2.60. The summed E-state index contributed by atoms with van der Waals surface area (Å²) in [5, 5.41) is 3.48. The molecule has 3 rings (SSSR count). The zero-order valence-corrected chi connectivity index (χ0v) is 10.5. The van der Waals surface area contributed by atoms with E-state index >= 15 is 0 Å². The first kappa shape index (κ1) is 11.9. The van der Waals surface area contributed by atoms with Gasteiger partial charge >= 0.3 is 0 Å². The van der Waals surface area contributed by atoms with Gasteiger partial charge in [0.15, 0.2) is 0 Å². The molecule has 0 aliphatic heterocycles. The van der Waals surface area contributed by atoms with Crippen LogP contribution in [-0.2, 0) is 0 Å². The molecule has 98 valence electrons. The average Bonchev–Trinajstić information content (AvgIpc) is 3.11. The van der Waals surface area contributed by atoms with Crippen molar-refractivity contribution in [2.24, 2.45) is 17.3 Å². The Morgan fingerprint density at radius 3 is 2.41 bits per heavy atom. The number of rotatable bonds is 5. The minimum Gasteiger partial charge on any atom is -0.316 e. The Kier molecular flexibility index (Phi) is 2.92. The largest absolute Gasteiger partial charge is 0.316 e. The van der Waals surface area contributed by atoms with Crippen LogP contribution in [0.25, 0.3) is 0 Å². The lowest BCUT2D eigenvalue weighted by Gasteiger charge is -2.29. The van der Waals surface area contributed by atoms with Crippen molar-refractivity contribution in [3.05, 3.63) is 0 Å². The first-order chi connectivity index (χ1) is 8.10. The molecule has 1 nitrogen and oxygen atoms in total. The standard InChI is InChI=1S/C14H23F2N/c15-14(16)5-1-2-11(8-14)9-17-10-13(6-7-13)12-3-4-12/h11-12,17H,1-10H2. The average molecular weight is 243 g/mol. The van der Waals surface area contributed by atoms with Crippen LogP contribution < -0.4 is 5.32 Å². The summed E-state index contributed by atoms with van der Waals surface area (Å²) >= 11 is 0. The molecule has 0 bridgehead atoms. The van der Waals surface area contributed by atoms with Crippen LogP contribution >= 0.6 is 0 Å². The summed E-state index contributed by atoms with van der Waals surface area (Å²) in [6.45, 7) is 1.89. The maximum atomic E-state index is 13.2. The molecule has 17 heavy (non-hydrogen) atoms. The van der Waals surface area contributed by atoms with E-state index in [0.717, 1.165) is 25.4 Å². The highest BCUT2D eigenvalue weighted by atomic mass is 19.3. The first-order valence-electron chi connectivity index (χ1n) is 7.18. The Labute approximate surface area is 102 Å². The SMILES string of the molecule is FC1(F)CCCC(CNCC2(C3CC3)CC2)C1. The predicted molar refractivity (Wildman–Crippen MR) is 64.2 cm³/mol. The smallest absolute Gasteiger partial charge is 0.248 e. The van der Waals surface area contributed by atoms with Crippen molar-refractivity contribution < 1.29 is 8.78 Å². The van der Waals surface area contributed by atoms with E-state index in [4.69, 9.17) is 0 Å². The Hall–Kier alpha value is -0.180. The molecule has 0 aromatic heterocycles. The summed E-state index contributed by atoms with van der Waals surface area (Å²) in [5.74, 6) is -1.23. The molecule has 0 radical (unpaired) electrons. The van der Waals surface area contributed by atoms with Gasteiger partial charge in [0.25, 0.3) is 0 Å². The molecule has 0 aromatic rings. The van der Waals surface area contributed by atoms with Crippen molar-refractivity contribution in [2.45, 2.75) is 57.3 Å². The summed E-state index contributed by atoms with van der Waals surface area (Å²) in [5.41, 5.74) is 0.594. The molecule has 1 atom stereocenters. The summed E-state index contributed by atoms with van der Waals surface area (Å²) < 4.78 is 26.5. The Morgan fingerprint density at radius 1 is 1.06 bits per heavy atom. The molecule has 1 N–H and O–H groups in total. The molecule has 1 unspecified atom stereocenters. The normalized spacial score (nSPS) is 34.6. The monoisotopic (exact) mass is 243 g/mol. The number of halogens is 2. The van der Waals surface area contributed by atoms with Crippen LogP contribution in [0.4, 0.5) is 8.78 Å². The molecular weight excluding hydrogens is 220 g/mol. The van der Waals surface area contributed by atoms with E-state index in [1.165, 1.54) is 25.7 Å². The molecule has 3 aliphatic carbocycles. The highest BCUT2D eigenvalue weighted by Gasteiger charge is 2.53. The van der Waals surface area contributed by atoms with Gasteiger partial charge in [-0.05, 0) is 62.3 Å². The van der Waals surface area contributed by atoms with Crippen LogP contribution in [0, 0.1) is 17.3 Å². The second kappa shape index (κ2) is 4.18. The minimum atomic E-state index is -2.39. The van der Waals surface area contributed by atoms with E-state index in [0.29, 0.717) is 11.8 Å². The van der Waals surface area contributed by atoms with Crippen LogP contribution in [0.5, 0.6) is 0 Å². The van der Waals surface area contributed by atoms with Crippen LogP contribution in [0.3, 0.4) is 0 Å². The van der Waals surface area contributed by atoms with Gasteiger partial charge in [-0.3, -0.25) is 0 Å². The highest BCUT2D eigenvalue weighted by molar-refractivity contribution is 5.05. The lowest BCUT2D eigenvalue weighted by atomic mass is 9.86. The molecular formula is C14H23F2N. The third-order valence-electron chi connectivity index (χ3n) is 4.99. The second-order valence-electron chi connectivity index (χ2n) is 6.59. The summed E-state index contributed by atoms with van der Waals surface area (Å²) in [6.07, 6.45) is 7.45. The van der Waals surface area contributed by atoms with Crippen molar-refractivity contribution in [1.29, 1.82) is 0 Å². The van der Waals surface area contributed by atoms with Crippen molar-refractivity contribution in [1.82, 2.24) is 5.32 Å². The van der Waals surface area contributed by atoms with Gasteiger partial charge in [-0.2, -0.15) is 0 Å². The molecule has 3 aliphatic rings. The fourth-order valence-electron chi connectivity index (χ4n) is 3.56. The topological polar surface area (TPSA) is 12.0 Å². The van der Waals surface area contributed by atoms with E-state index in [2.05, 4.69) is 5.32 Å². The summed E-state index contributed by atoms with van der Waals surface area (Å²) in [6, 6.07) is 0. The Balaban J connectivity index is 1.39. The molecule has 3 saturated carbocycles. The van der Waals surface area contributed by atoms with E-state index in [-0.39, 0.29) is 18.8 Å². The number of nitrogens with one attached hydrogen (secondary N) is 1. The van der Waals surface area contributed by atoms with Crippen LogP contribution in [0.1, 0.15) is 51.4 Å². The van der Waals surface area contributed by atoms with Crippen LogP contribution in [0.2, 0.25) is 0 Å². The van der Waals surface area contributed by atoms with Crippen molar-refractivity contribution >= 4 is 0 Å². The lowest BCUT2D eigenvalue weighted by molar-refractivity contribution is -0.0521. The summed E-state index contributed by atoms with van der Waals surface area (Å²) in [7, 11) is 0. The lowest BCUT2D eigenvalue weighted by Crippen LogP contribution is -2.35. The van der Waals surface area contributed by atoms with Gasteiger partial charge in [-0.15, -0.1) is 0 Å². The van der Waals surface area contributed by atoms with Gasteiger partial charge in [-0.25, -0.2) is 8.78 Å². The second-order valence-corrected chi connectivity index (χ2v) is 6.59. The van der Waals surface area contributed by atoms with E-state index in [1.807, 2.05) is 0 Å². The van der Waals surface area contributed by atoms with Crippen molar-refractivity contribution in [3.63, 3.8) is 0 Å². The third-order valence-corrected chi connectivity index (χ3v) is 4.99. The number of alkyl halides is 2. The van der Waals surface area contributed by atoms with Gasteiger partial charge in [0, 0.05) is 19.4 Å². The molecule has 3 heteroatoms. The Bertz CT molecular complexity index is 282. The molecule has 0 amide bonds. The Morgan fingerprint density at radius 2 is 1.82 bits per heavy atom. The maximum Gasteiger partial charge on any atom is 0.248 e. The van der Waals surface area contributed by atoms with E-state index < -0.39 is 5.92 Å². The zero-order valence-electron chi connectivity index (χ0n) is 10.5. The van der Waals surface area contributed by atoms with Crippen molar-refractivity contribution in [2.75, 3.05) is 13.1 Å². The van der Waals surface area contributed by atoms with Gasteiger partial charge in [0.2, 0.25) is 5.92 Å². The molecule has 0 heterocycles. The van der Waals surface area contributed by atoms with Gasteiger partial charge in [-0.1, -0.05) is 0 Å². The maximum absolute atomic E-state index is 13.2. The number of hydrogen-bond acceptors (Lipinski definition) is 1. The quantitative estimate of drug-likeness (QED) is 0.778. The van der Waals surface area contributed by atoms with E-state index in [9.17, 15) is 8.78 Å². The van der Waals surface area contributed by atoms with Gasteiger partial charge < -0.3 is 5.32 Å².